The predicted octanol–water partition coefficient (Wildman–Crippen LogP) is 2.19. The first-order valence-corrected chi connectivity index (χ1v) is 7.18. The van der Waals surface area contributed by atoms with Crippen LogP contribution in [-0.4, -0.2) is 32.2 Å². The van der Waals surface area contributed by atoms with Gasteiger partial charge in [0.1, 0.15) is 11.5 Å². The maximum atomic E-state index is 11.3. The molecule has 0 aliphatic heterocycles. The van der Waals surface area contributed by atoms with E-state index in [0.717, 1.165) is 17.1 Å². The molecule has 1 aromatic carbocycles. The molecule has 0 fully saturated rings. The highest BCUT2D eigenvalue weighted by Crippen LogP contribution is 2.32. The minimum Gasteiger partial charge on any atom is -0.497 e. The summed E-state index contributed by atoms with van der Waals surface area (Å²) in [4.78, 5) is 15.7. The van der Waals surface area contributed by atoms with Crippen LogP contribution in [0.2, 0.25) is 0 Å². The maximum absolute atomic E-state index is 11.3. The SMILES string of the molecule is CNC(=O)Cc1csc(Nc2cc(OC)ccc2OC)n1. The van der Waals surface area contributed by atoms with Crippen LogP contribution in [0.5, 0.6) is 11.5 Å². The molecule has 21 heavy (non-hydrogen) atoms. The van der Waals surface area contributed by atoms with Crippen molar-refractivity contribution in [3.8, 4) is 11.5 Å². The van der Waals surface area contributed by atoms with Crippen molar-refractivity contribution in [2.45, 2.75) is 6.42 Å². The highest BCUT2D eigenvalue weighted by Gasteiger charge is 2.10. The molecule has 0 saturated heterocycles. The highest BCUT2D eigenvalue weighted by atomic mass is 32.1. The van der Waals surface area contributed by atoms with Crippen LogP contribution >= 0.6 is 11.3 Å². The first-order chi connectivity index (χ1) is 10.2. The molecule has 2 aromatic rings. The van der Waals surface area contributed by atoms with Gasteiger partial charge in [-0.3, -0.25) is 4.79 Å². The number of anilines is 2. The lowest BCUT2D eigenvalue weighted by Crippen LogP contribution is -2.20. The van der Waals surface area contributed by atoms with Crippen molar-refractivity contribution in [3.05, 3.63) is 29.3 Å². The van der Waals surface area contributed by atoms with E-state index in [1.807, 2.05) is 23.6 Å². The Morgan fingerprint density at radius 3 is 2.81 bits per heavy atom. The Morgan fingerprint density at radius 2 is 2.14 bits per heavy atom. The third kappa shape index (κ3) is 3.85. The average molecular weight is 307 g/mol. The van der Waals surface area contributed by atoms with Gasteiger partial charge in [0.15, 0.2) is 5.13 Å². The van der Waals surface area contributed by atoms with E-state index in [0.29, 0.717) is 10.9 Å². The Labute approximate surface area is 127 Å². The second-order valence-electron chi connectivity index (χ2n) is 4.19. The molecule has 1 aromatic heterocycles. The number of benzene rings is 1. The molecule has 2 rings (SSSR count). The zero-order valence-electron chi connectivity index (χ0n) is 12.1. The molecule has 1 amide bonds. The molecule has 112 valence electrons. The van der Waals surface area contributed by atoms with Crippen LogP contribution in [0.3, 0.4) is 0 Å². The standard InChI is InChI=1S/C14H17N3O3S/c1-15-13(18)6-9-8-21-14(16-9)17-11-7-10(19-2)4-5-12(11)20-3/h4-5,7-8H,6H2,1-3H3,(H,15,18)(H,16,17). The van der Waals surface area contributed by atoms with Crippen LogP contribution in [0.15, 0.2) is 23.6 Å². The van der Waals surface area contributed by atoms with Crippen LogP contribution in [-0.2, 0) is 11.2 Å². The number of carbonyl (C=O) groups excluding carboxylic acids is 1. The summed E-state index contributed by atoms with van der Waals surface area (Å²) in [5.41, 5.74) is 1.49. The van der Waals surface area contributed by atoms with E-state index in [1.54, 1.807) is 21.3 Å². The van der Waals surface area contributed by atoms with Gasteiger partial charge >= 0.3 is 0 Å². The van der Waals surface area contributed by atoms with Crippen molar-refractivity contribution in [1.29, 1.82) is 0 Å². The Hall–Kier alpha value is -2.28. The summed E-state index contributed by atoms with van der Waals surface area (Å²) < 4.78 is 10.5. The van der Waals surface area contributed by atoms with Gasteiger partial charge in [-0.25, -0.2) is 4.98 Å². The van der Waals surface area contributed by atoms with E-state index in [2.05, 4.69) is 15.6 Å². The third-order valence-corrected chi connectivity index (χ3v) is 3.63. The van der Waals surface area contributed by atoms with Crippen LogP contribution < -0.4 is 20.1 Å². The molecule has 0 aliphatic carbocycles. The molecule has 6 nitrogen and oxygen atoms in total. The smallest absolute Gasteiger partial charge is 0.225 e. The van der Waals surface area contributed by atoms with E-state index in [4.69, 9.17) is 9.47 Å². The first kappa shape index (κ1) is 15.1. The summed E-state index contributed by atoms with van der Waals surface area (Å²) in [5, 5.41) is 8.30. The molecule has 1 heterocycles. The third-order valence-electron chi connectivity index (χ3n) is 2.82. The van der Waals surface area contributed by atoms with Gasteiger partial charge in [0.25, 0.3) is 0 Å². The fourth-order valence-corrected chi connectivity index (χ4v) is 2.45. The molecule has 0 bridgehead atoms. The van der Waals surface area contributed by atoms with E-state index >= 15 is 0 Å². The van der Waals surface area contributed by atoms with Gasteiger partial charge < -0.3 is 20.1 Å². The largest absolute Gasteiger partial charge is 0.497 e. The van der Waals surface area contributed by atoms with E-state index < -0.39 is 0 Å². The number of aromatic nitrogens is 1. The summed E-state index contributed by atoms with van der Waals surface area (Å²) in [6, 6.07) is 5.47. The Bertz CT molecular complexity index is 628. The van der Waals surface area contributed by atoms with Crippen molar-refractivity contribution in [1.82, 2.24) is 10.3 Å². The molecule has 0 radical (unpaired) electrons. The second kappa shape index (κ2) is 6.94. The average Bonchev–Trinajstić information content (AvgIpc) is 2.94. The topological polar surface area (TPSA) is 72.5 Å². The van der Waals surface area contributed by atoms with E-state index in [-0.39, 0.29) is 12.3 Å². The van der Waals surface area contributed by atoms with Crippen LogP contribution in [0.1, 0.15) is 5.69 Å². The second-order valence-corrected chi connectivity index (χ2v) is 5.04. The number of likely N-dealkylation sites (N-methyl/N-ethyl adjacent to an activating group) is 1. The number of rotatable bonds is 6. The molecule has 0 spiro atoms. The van der Waals surface area contributed by atoms with Crippen molar-refractivity contribution < 1.29 is 14.3 Å². The molecule has 0 atom stereocenters. The summed E-state index contributed by atoms with van der Waals surface area (Å²) in [6.07, 6.45) is 0.268. The first-order valence-electron chi connectivity index (χ1n) is 6.30. The molecule has 7 heteroatoms. The number of nitrogens with zero attached hydrogens (tertiary/aromatic N) is 1. The minimum absolute atomic E-state index is 0.0641. The maximum Gasteiger partial charge on any atom is 0.225 e. The lowest BCUT2D eigenvalue weighted by atomic mass is 10.2. The Morgan fingerprint density at radius 1 is 1.33 bits per heavy atom. The summed E-state index contributed by atoms with van der Waals surface area (Å²) >= 11 is 1.43. The number of amides is 1. The number of thiazole rings is 1. The van der Waals surface area contributed by atoms with Gasteiger partial charge in [0, 0.05) is 18.5 Å². The number of nitrogens with one attached hydrogen (secondary N) is 2. The van der Waals surface area contributed by atoms with Gasteiger partial charge in [0.2, 0.25) is 5.91 Å². The molecule has 0 aliphatic rings. The van der Waals surface area contributed by atoms with Gasteiger partial charge in [0.05, 0.1) is 32.0 Å². The summed E-state index contributed by atoms with van der Waals surface area (Å²) in [6.45, 7) is 0. The van der Waals surface area contributed by atoms with E-state index in [1.165, 1.54) is 11.3 Å². The number of hydrogen-bond donors (Lipinski definition) is 2. The van der Waals surface area contributed by atoms with Crippen LogP contribution in [0.4, 0.5) is 10.8 Å². The fraction of sp³-hybridized carbons (Fsp3) is 0.286. The number of methoxy groups -OCH3 is 2. The van der Waals surface area contributed by atoms with Gasteiger partial charge in [-0.2, -0.15) is 0 Å². The van der Waals surface area contributed by atoms with Gasteiger partial charge in [-0.15, -0.1) is 11.3 Å². The van der Waals surface area contributed by atoms with Gasteiger partial charge in [-0.05, 0) is 12.1 Å². The minimum atomic E-state index is -0.0641. The van der Waals surface area contributed by atoms with Crippen LogP contribution in [0, 0.1) is 0 Å². The summed E-state index contributed by atoms with van der Waals surface area (Å²) in [5.74, 6) is 1.35. The van der Waals surface area contributed by atoms with Crippen molar-refractivity contribution in [2.75, 3.05) is 26.6 Å². The lowest BCUT2D eigenvalue weighted by Gasteiger charge is -2.10. The van der Waals surface area contributed by atoms with Crippen molar-refractivity contribution >= 4 is 28.1 Å². The molecule has 0 unspecified atom stereocenters. The zero-order chi connectivity index (χ0) is 15.2. The number of carbonyl (C=O) groups is 1. The Kier molecular flexibility index (Phi) is 4.99. The highest BCUT2D eigenvalue weighted by molar-refractivity contribution is 7.13. The van der Waals surface area contributed by atoms with Gasteiger partial charge in [-0.1, -0.05) is 0 Å². The molecular formula is C14H17N3O3S. The normalized spacial score (nSPS) is 10.0. The lowest BCUT2D eigenvalue weighted by molar-refractivity contribution is -0.120. The molecule has 2 N–H and O–H groups in total. The summed E-state index contributed by atoms with van der Waals surface area (Å²) in [7, 11) is 4.82. The quantitative estimate of drug-likeness (QED) is 0.856. The molecular weight excluding hydrogens is 290 g/mol. The monoisotopic (exact) mass is 307 g/mol. The van der Waals surface area contributed by atoms with Crippen LogP contribution in [0.25, 0.3) is 0 Å². The van der Waals surface area contributed by atoms with Crippen molar-refractivity contribution in [2.24, 2.45) is 0 Å². The molecule has 0 saturated carbocycles. The predicted molar refractivity (Wildman–Crippen MR) is 82.7 cm³/mol. The van der Waals surface area contributed by atoms with E-state index in [9.17, 15) is 4.79 Å². The van der Waals surface area contributed by atoms with Crippen molar-refractivity contribution in [3.63, 3.8) is 0 Å². The fourth-order valence-electron chi connectivity index (χ4n) is 1.73. The zero-order valence-corrected chi connectivity index (χ0v) is 12.9. The number of hydrogen-bond acceptors (Lipinski definition) is 6. The Balaban J connectivity index is 2.16. The number of ether oxygens (including phenoxy) is 2.